The Morgan fingerprint density at radius 1 is 1.56 bits per heavy atom. The molecule has 0 saturated heterocycles. The number of nitro benzene ring substituents is 1. The highest BCUT2D eigenvalue weighted by atomic mass is 19.1. The molecule has 1 aromatic rings. The van der Waals surface area contributed by atoms with E-state index in [0.717, 1.165) is 12.1 Å². The van der Waals surface area contributed by atoms with Crippen molar-refractivity contribution in [1.29, 1.82) is 0 Å². The van der Waals surface area contributed by atoms with Gasteiger partial charge in [-0.2, -0.15) is 0 Å². The highest BCUT2D eigenvalue weighted by molar-refractivity contribution is 5.99. The molecule has 0 spiro atoms. The number of hydrogen-bond donors (Lipinski definition) is 2. The SMILES string of the molecule is NCC1(C(=O)Nc2c(F)cccc2[N+](=O)[O-])CC1. The molecule has 0 atom stereocenters. The predicted octanol–water partition coefficient (Wildman–Crippen LogP) is 1.41. The van der Waals surface area contributed by atoms with Gasteiger partial charge in [-0.25, -0.2) is 4.39 Å². The van der Waals surface area contributed by atoms with Crippen LogP contribution in [0.1, 0.15) is 12.8 Å². The quantitative estimate of drug-likeness (QED) is 0.626. The van der Waals surface area contributed by atoms with E-state index in [1.807, 2.05) is 0 Å². The number of anilines is 1. The van der Waals surface area contributed by atoms with Gasteiger partial charge in [0, 0.05) is 12.6 Å². The number of benzene rings is 1. The van der Waals surface area contributed by atoms with Crippen LogP contribution in [-0.4, -0.2) is 17.4 Å². The van der Waals surface area contributed by atoms with Gasteiger partial charge < -0.3 is 11.1 Å². The molecule has 1 saturated carbocycles. The van der Waals surface area contributed by atoms with Gasteiger partial charge in [0.05, 0.1) is 10.3 Å². The minimum Gasteiger partial charge on any atom is -0.329 e. The molecule has 7 heteroatoms. The third-order valence-electron chi connectivity index (χ3n) is 3.15. The first-order valence-electron chi connectivity index (χ1n) is 5.44. The van der Waals surface area contributed by atoms with Crippen molar-refractivity contribution >= 4 is 17.3 Å². The zero-order chi connectivity index (χ0) is 13.3. The molecule has 1 aromatic carbocycles. The fourth-order valence-corrected chi connectivity index (χ4v) is 1.71. The monoisotopic (exact) mass is 253 g/mol. The molecule has 0 unspecified atom stereocenters. The van der Waals surface area contributed by atoms with E-state index in [4.69, 9.17) is 5.73 Å². The molecule has 1 aliphatic rings. The van der Waals surface area contributed by atoms with Gasteiger partial charge in [-0.1, -0.05) is 6.07 Å². The maximum Gasteiger partial charge on any atom is 0.295 e. The van der Waals surface area contributed by atoms with E-state index in [-0.39, 0.29) is 6.54 Å². The van der Waals surface area contributed by atoms with Crippen molar-refractivity contribution in [2.24, 2.45) is 11.1 Å². The third-order valence-corrected chi connectivity index (χ3v) is 3.15. The van der Waals surface area contributed by atoms with Crippen LogP contribution in [0.15, 0.2) is 18.2 Å². The normalized spacial score (nSPS) is 16.1. The maximum atomic E-state index is 13.5. The van der Waals surface area contributed by atoms with Crippen LogP contribution in [0.4, 0.5) is 15.8 Å². The first-order valence-corrected chi connectivity index (χ1v) is 5.44. The summed E-state index contributed by atoms with van der Waals surface area (Å²) >= 11 is 0. The molecule has 1 aliphatic carbocycles. The van der Waals surface area contributed by atoms with Crippen LogP contribution >= 0.6 is 0 Å². The average Bonchev–Trinajstić information content (AvgIpc) is 3.12. The van der Waals surface area contributed by atoms with Crippen LogP contribution < -0.4 is 11.1 Å². The minimum atomic E-state index is -0.828. The molecule has 0 radical (unpaired) electrons. The van der Waals surface area contributed by atoms with Gasteiger partial charge in [-0.3, -0.25) is 14.9 Å². The van der Waals surface area contributed by atoms with Crippen LogP contribution in [0.2, 0.25) is 0 Å². The van der Waals surface area contributed by atoms with Gasteiger partial charge in [0.25, 0.3) is 5.69 Å². The lowest BCUT2D eigenvalue weighted by atomic mass is 10.1. The molecule has 2 rings (SSSR count). The van der Waals surface area contributed by atoms with Gasteiger partial charge in [-0.15, -0.1) is 0 Å². The second-order valence-electron chi connectivity index (χ2n) is 4.33. The maximum absolute atomic E-state index is 13.5. The van der Waals surface area contributed by atoms with Crippen LogP contribution in [0.25, 0.3) is 0 Å². The number of nitrogens with two attached hydrogens (primary N) is 1. The van der Waals surface area contributed by atoms with E-state index in [0.29, 0.717) is 12.8 Å². The lowest BCUT2D eigenvalue weighted by Gasteiger charge is -2.13. The lowest BCUT2D eigenvalue weighted by Crippen LogP contribution is -2.31. The molecule has 0 aliphatic heterocycles. The number of halogens is 1. The topological polar surface area (TPSA) is 98.3 Å². The zero-order valence-corrected chi connectivity index (χ0v) is 9.48. The van der Waals surface area contributed by atoms with E-state index in [1.165, 1.54) is 6.07 Å². The van der Waals surface area contributed by atoms with E-state index in [2.05, 4.69) is 5.32 Å². The predicted molar refractivity (Wildman–Crippen MR) is 62.4 cm³/mol. The summed E-state index contributed by atoms with van der Waals surface area (Å²) in [5.74, 6) is -1.29. The summed E-state index contributed by atoms with van der Waals surface area (Å²) in [5, 5.41) is 13.0. The fourth-order valence-electron chi connectivity index (χ4n) is 1.71. The van der Waals surface area contributed by atoms with E-state index in [9.17, 15) is 19.3 Å². The van der Waals surface area contributed by atoms with Crippen molar-refractivity contribution in [1.82, 2.24) is 0 Å². The summed E-state index contributed by atoms with van der Waals surface area (Å²) in [6.07, 6.45) is 1.25. The summed E-state index contributed by atoms with van der Waals surface area (Å²) in [7, 11) is 0. The molecule has 6 nitrogen and oxygen atoms in total. The Hall–Kier alpha value is -2.02. The van der Waals surface area contributed by atoms with E-state index >= 15 is 0 Å². The number of carbonyl (C=O) groups excluding carboxylic acids is 1. The van der Waals surface area contributed by atoms with Gasteiger partial charge in [0.2, 0.25) is 5.91 Å². The Morgan fingerprint density at radius 3 is 2.72 bits per heavy atom. The molecule has 1 fully saturated rings. The number of nitrogens with zero attached hydrogens (tertiary/aromatic N) is 1. The standard InChI is InChI=1S/C11H12FN3O3/c12-7-2-1-3-8(15(17)18)9(7)14-10(16)11(6-13)4-5-11/h1-3H,4-6,13H2,(H,14,16). The Kier molecular flexibility index (Phi) is 3.00. The Balaban J connectivity index is 2.29. The summed E-state index contributed by atoms with van der Waals surface area (Å²) in [6, 6.07) is 3.42. The number of para-hydroxylation sites is 1. The van der Waals surface area contributed by atoms with Crippen molar-refractivity contribution in [3.63, 3.8) is 0 Å². The number of rotatable bonds is 4. The molecular weight excluding hydrogens is 241 g/mol. The van der Waals surface area contributed by atoms with Crippen LogP contribution in [0.5, 0.6) is 0 Å². The average molecular weight is 253 g/mol. The second kappa shape index (κ2) is 4.34. The first-order chi connectivity index (χ1) is 8.50. The second-order valence-corrected chi connectivity index (χ2v) is 4.33. The molecule has 0 aromatic heterocycles. The van der Waals surface area contributed by atoms with Crippen LogP contribution in [0.3, 0.4) is 0 Å². The molecule has 3 N–H and O–H groups in total. The summed E-state index contributed by atoms with van der Waals surface area (Å²) in [5.41, 5.74) is 3.93. The highest BCUT2D eigenvalue weighted by Crippen LogP contribution is 2.45. The van der Waals surface area contributed by atoms with Gasteiger partial charge >= 0.3 is 0 Å². The number of nitrogens with one attached hydrogen (secondary N) is 1. The smallest absolute Gasteiger partial charge is 0.295 e. The van der Waals surface area contributed by atoms with Crippen molar-refractivity contribution in [2.45, 2.75) is 12.8 Å². The summed E-state index contributed by atoms with van der Waals surface area (Å²) < 4.78 is 13.5. The van der Waals surface area contributed by atoms with Gasteiger partial charge in [0.15, 0.2) is 11.5 Å². The molecule has 0 bridgehead atoms. The minimum absolute atomic E-state index is 0.154. The van der Waals surface area contributed by atoms with Crippen molar-refractivity contribution in [3.05, 3.63) is 34.1 Å². The third kappa shape index (κ3) is 2.04. The molecule has 96 valence electrons. The number of carbonyl (C=O) groups is 1. The summed E-state index contributed by atoms with van der Waals surface area (Å²) in [4.78, 5) is 21.9. The van der Waals surface area contributed by atoms with Gasteiger partial charge in [-0.05, 0) is 18.9 Å². The molecule has 1 amide bonds. The van der Waals surface area contributed by atoms with Crippen LogP contribution in [-0.2, 0) is 4.79 Å². The largest absolute Gasteiger partial charge is 0.329 e. The van der Waals surface area contributed by atoms with Crippen LogP contribution in [0, 0.1) is 21.3 Å². The Bertz CT molecular complexity index is 514. The number of amides is 1. The number of hydrogen-bond acceptors (Lipinski definition) is 4. The van der Waals surface area contributed by atoms with Crippen molar-refractivity contribution < 1.29 is 14.1 Å². The van der Waals surface area contributed by atoms with Crippen molar-refractivity contribution in [3.8, 4) is 0 Å². The van der Waals surface area contributed by atoms with Gasteiger partial charge in [0.1, 0.15) is 0 Å². The molecular formula is C11H12FN3O3. The van der Waals surface area contributed by atoms with E-state index in [1.54, 1.807) is 0 Å². The number of nitro groups is 1. The highest BCUT2D eigenvalue weighted by Gasteiger charge is 2.49. The lowest BCUT2D eigenvalue weighted by molar-refractivity contribution is -0.384. The fraction of sp³-hybridized carbons (Fsp3) is 0.364. The Morgan fingerprint density at radius 2 is 2.22 bits per heavy atom. The summed E-state index contributed by atoms with van der Waals surface area (Å²) in [6.45, 7) is 0.154. The van der Waals surface area contributed by atoms with E-state index < -0.39 is 33.4 Å². The zero-order valence-electron chi connectivity index (χ0n) is 9.48. The van der Waals surface area contributed by atoms with Crippen molar-refractivity contribution in [2.75, 3.05) is 11.9 Å². The Labute approximate surface area is 102 Å². The molecule has 0 heterocycles. The first kappa shape index (κ1) is 12.4. The molecule has 18 heavy (non-hydrogen) atoms.